The maximum atomic E-state index is 7.50. The van der Waals surface area contributed by atoms with Crippen LogP contribution < -0.4 is 0 Å². The van der Waals surface area contributed by atoms with Gasteiger partial charge in [0.2, 0.25) is 0 Å². The van der Waals surface area contributed by atoms with Crippen LogP contribution in [0.3, 0.4) is 0 Å². The van der Waals surface area contributed by atoms with E-state index in [0.29, 0.717) is 0 Å². The van der Waals surface area contributed by atoms with Crippen molar-refractivity contribution in [3.05, 3.63) is 42.9 Å². The number of hydrogen-bond donors (Lipinski definition) is 0. The van der Waals surface area contributed by atoms with Gasteiger partial charge in [-0.3, -0.25) is 0 Å². The van der Waals surface area contributed by atoms with Gasteiger partial charge in [-0.1, -0.05) is 34.6 Å². The van der Waals surface area contributed by atoms with Crippen molar-refractivity contribution in [2.75, 3.05) is 0 Å². The van der Waals surface area contributed by atoms with E-state index in [2.05, 4.69) is 60.3 Å². The Morgan fingerprint density at radius 1 is 0.722 bits per heavy atom. The molecule has 6 radical (unpaired) electrons. The molecule has 2 nitrogen and oxygen atoms in total. The quantitative estimate of drug-likeness (QED) is 0.329. The Morgan fingerprint density at radius 2 is 0.778 bits per heavy atom. The molecule has 0 saturated heterocycles. The number of hydrogen-bond acceptors (Lipinski definition) is 0. The molecular formula is C15H19O2Re. The first kappa shape index (κ1) is 26.3. The Labute approximate surface area is 126 Å². The van der Waals surface area contributed by atoms with Crippen LogP contribution in [0.1, 0.15) is 41.5 Å². The molecule has 18 heavy (non-hydrogen) atoms. The number of terminal acetylenes is 1. The average molecular weight is 418 g/mol. The molecule has 0 spiro atoms. The molecule has 1 rings (SSSR count). The van der Waals surface area contributed by atoms with E-state index in [1.165, 1.54) is 29.6 Å². The second-order valence-corrected chi connectivity index (χ2v) is 3.41. The van der Waals surface area contributed by atoms with Crippen molar-refractivity contribution in [1.29, 1.82) is 0 Å². The van der Waals surface area contributed by atoms with Gasteiger partial charge >= 0.3 is 22.6 Å². The topological polar surface area (TPSA) is 39.8 Å². The van der Waals surface area contributed by atoms with Crippen molar-refractivity contribution in [3.8, 4) is 12.3 Å². The minimum atomic E-state index is 0. The van der Waals surface area contributed by atoms with E-state index in [4.69, 9.17) is 9.30 Å². The molecule has 0 aliphatic heterocycles. The molecular weight excluding hydrogens is 398 g/mol. The summed E-state index contributed by atoms with van der Waals surface area (Å²) in [6.45, 7) is 21.6. The third kappa shape index (κ3) is 8.74. The summed E-state index contributed by atoms with van der Waals surface area (Å²) in [5, 5.41) is 0. The largest absolute Gasteiger partial charge is 0 e. The zero-order valence-electron chi connectivity index (χ0n) is 11.8. The second-order valence-electron chi connectivity index (χ2n) is 3.41. The molecule has 98 valence electrons. The molecule has 1 fully saturated rings. The molecule has 0 N–H and O–H groups in total. The maximum Gasteiger partial charge on any atom is 0 e. The van der Waals surface area contributed by atoms with Crippen molar-refractivity contribution in [3.63, 3.8) is 0 Å². The molecule has 1 aliphatic carbocycles. The number of rotatable bonds is 0. The fourth-order valence-corrected chi connectivity index (χ4v) is 1.41. The first-order chi connectivity index (χ1) is 7.97. The fourth-order valence-electron chi connectivity index (χ4n) is 1.41. The Hall–Kier alpha value is -0.298. The molecule has 0 bridgehead atoms. The fraction of sp³-hybridized carbons (Fsp3) is 0.400. The van der Waals surface area contributed by atoms with Crippen LogP contribution in [0.5, 0.6) is 0 Å². The monoisotopic (exact) mass is 418 g/mol. The molecule has 0 atom stereocenters. The third-order valence-corrected chi connectivity index (χ3v) is 2.81. The molecule has 1 aliphatic rings. The Kier molecular flexibility index (Phi) is 24.4. The summed E-state index contributed by atoms with van der Waals surface area (Å²) in [5.41, 5.74) is 0. The van der Waals surface area contributed by atoms with Crippen LogP contribution in [0, 0.1) is 55.2 Å². The van der Waals surface area contributed by atoms with Gasteiger partial charge in [0, 0.05) is 20.4 Å². The van der Waals surface area contributed by atoms with Crippen molar-refractivity contribution >= 4 is 0 Å². The van der Waals surface area contributed by atoms with E-state index in [9.17, 15) is 0 Å². The van der Waals surface area contributed by atoms with Gasteiger partial charge in [0.15, 0.2) is 0 Å². The van der Waals surface area contributed by atoms with Gasteiger partial charge in [-0.05, 0) is 36.5 Å². The SMILES string of the molecule is C#CC.C[C]1[C](C)[C](C)[C](C)[C]1C.[C-]#[O+].[C-]#[O+].[Re]. The van der Waals surface area contributed by atoms with Crippen LogP contribution in [-0.2, 0) is 29.7 Å². The standard InChI is InChI=1S/C10H15.C3H4.2CO.Re/c1-6-7(2)9(4)10(5)8(6)3;1-3-2;2*1-2;/h1-5H3;1H,2H3;;;. The van der Waals surface area contributed by atoms with Crippen LogP contribution >= 0.6 is 0 Å². The molecule has 0 aromatic carbocycles. The molecule has 0 amide bonds. The van der Waals surface area contributed by atoms with E-state index in [1.807, 2.05) is 0 Å². The predicted molar refractivity (Wildman–Crippen MR) is 67.0 cm³/mol. The first-order valence-electron chi connectivity index (χ1n) is 4.95. The molecule has 1 saturated carbocycles. The van der Waals surface area contributed by atoms with Gasteiger partial charge in [-0.15, -0.1) is 12.3 Å². The molecule has 0 unspecified atom stereocenters. The van der Waals surface area contributed by atoms with E-state index >= 15 is 0 Å². The maximum absolute atomic E-state index is 7.50. The second kappa shape index (κ2) is 16.7. The molecule has 0 heterocycles. The summed E-state index contributed by atoms with van der Waals surface area (Å²) in [6, 6.07) is 0. The summed E-state index contributed by atoms with van der Waals surface area (Å²) >= 11 is 0. The van der Waals surface area contributed by atoms with E-state index < -0.39 is 0 Å². The summed E-state index contributed by atoms with van der Waals surface area (Å²) in [7, 11) is 0. The van der Waals surface area contributed by atoms with Crippen LogP contribution in [0.25, 0.3) is 0 Å². The van der Waals surface area contributed by atoms with Gasteiger partial charge in [0.05, 0.1) is 0 Å². The normalized spacial score (nSPS) is 16.5. The summed E-state index contributed by atoms with van der Waals surface area (Å²) in [6.07, 6.45) is 4.60. The average Bonchev–Trinajstić information content (AvgIpc) is 2.54. The van der Waals surface area contributed by atoms with Gasteiger partial charge < -0.3 is 0 Å². The zero-order chi connectivity index (χ0) is 14.6. The zero-order valence-corrected chi connectivity index (χ0v) is 14.5. The Balaban J connectivity index is -0.000000106. The van der Waals surface area contributed by atoms with E-state index in [1.54, 1.807) is 6.92 Å². The van der Waals surface area contributed by atoms with Crippen molar-refractivity contribution < 1.29 is 29.7 Å². The summed E-state index contributed by atoms with van der Waals surface area (Å²) < 4.78 is 15.0. The van der Waals surface area contributed by atoms with Crippen molar-refractivity contribution in [1.82, 2.24) is 0 Å². The third-order valence-electron chi connectivity index (χ3n) is 2.81. The summed E-state index contributed by atoms with van der Waals surface area (Å²) in [5.74, 6) is 9.59. The molecule has 3 heteroatoms. The van der Waals surface area contributed by atoms with Gasteiger partial charge in [0.1, 0.15) is 0 Å². The minimum Gasteiger partial charge on any atom is 0 e. The van der Waals surface area contributed by atoms with Gasteiger partial charge in [-0.25, -0.2) is 0 Å². The van der Waals surface area contributed by atoms with E-state index in [-0.39, 0.29) is 20.4 Å². The van der Waals surface area contributed by atoms with Crippen LogP contribution in [0.4, 0.5) is 0 Å². The first-order valence-corrected chi connectivity index (χ1v) is 4.95. The van der Waals surface area contributed by atoms with Crippen molar-refractivity contribution in [2.45, 2.75) is 41.5 Å². The molecule has 0 aromatic heterocycles. The van der Waals surface area contributed by atoms with Gasteiger partial charge in [0.25, 0.3) is 0 Å². The molecule has 0 aromatic rings. The summed E-state index contributed by atoms with van der Waals surface area (Å²) in [4.78, 5) is 0. The van der Waals surface area contributed by atoms with Crippen molar-refractivity contribution in [2.24, 2.45) is 0 Å². The van der Waals surface area contributed by atoms with Crippen LogP contribution in [0.2, 0.25) is 0 Å². The van der Waals surface area contributed by atoms with Crippen LogP contribution in [-0.4, -0.2) is 0 Å². The minimum absolute atomic E-state index is 0. The van der Waals surface area contributed by atoms with Crippen LogP contribution in [0.15, 0.2) is 0 Å². The Bertz CT molecular complexity index is 201. The Morgan fingerprint density at radius 3 is 0.833 bits per heavy atom. The van der Waals surface area contributed by atoms with E-state index in [0.717, 1.165) is 0 Å². The van der Waals surface area contributed by atoms with Gasteiger partial charge in [-0.2, -0.15) is 0 Å². The predicted octanol–water partition coefficient (Wildman–Crippen LogP) is 3.53. The smallest absolute Gasteiger partial charge is 0 e.